The van der Waals surface area contributed by atoms with Gasteiger partial charge in [0, 0.05) is 11.3 Å². The van der Waals surface area contributed by atoms with Crippen LogP contribution in [0.1, 0.15) is 45.4 Å². The molecule has 0 saturated heterocycles. The maximum atomic E-state index is 11.8. The average molecular weight is 194 g/mol. The van der Waals surface area contributed by atoms with Crippen molar-refractivity contribution in [2.24, 2.45) is 17.3 Å². The summed E-state index contributed by atoms with van der Waals surface area (Å²) in [7, 11) is 0. The molecule has 2 rings (SSSR count). The van der Waals surface area contributed by atoms with E-state index in [4.69, 9.17) is 0 Å². The van der Waals surface area contributed by atoms with Crippen molar-refractivity contribution in [1.29, 1.82) is 0 Å². The molecule has 0 N–H and O–H groups in total. The summed E-state index contributed by atoms with van der Waals surface area (Å²) in [5, 5.41) is 0. The van der Waals surface area contributed by atoms with Gasteiger partial charge in [-0.25, -0.2) is 0 Å². The van der Waals surface area contributed by atoms with Crippen molar-refractivity contribution in [3.8, 4) is 0 Å². The molecule has 2 saturated carbocycles. The number of hydrogen-bond acceptors (Lipinski definition) is 2. The molecular formula is C12H18O2. The van der Waals surface area contributed by atoms with Gasteiger partial charge in [0.25, 0.3) is 0 Å². The van der Waals surface area contributed by atoms with Crippen molar-refractivity contribution < 1.29 is 9.59 Å². The Kier molecular flexibility index (Phi) is 2.46. The quantitative estimate of drug-likeness (QED) is 0.632. The fourth-order valence-electron chi connectivity index (χ4n) is 3.71. The topological polar surface area (TPSA) is 34.1 Å². The molecule has 0 aliphatic heterocycles. The number of hydrogen-bond donors (Lipinski definition) is 0. The first kappa shape index (κ1) is 9.88. The molecule has 2 aliphatic rings. The van der Waals surface area contributed by atoms with Gasteiger partial charge in [-0.1, -0.05) is 12.8 Å². The smallest absolute Gasteiger partial charge is 0.136 e. The Morgan fingerprint density at radius 2 is 2.07 bits per heavy atom. The first-order valence-electron chi connectivity index (χ1n) is 5.68. The molecule has 0 aromatic rings. The van der Waals surface area contributed by atoms with E-state index in [9.17, 15) is 9.59 Å². The van der Waals surface area contributed by atoms with Gasteiger partial charge in [-0.05, 0) is 38.5 Å². The van der Waals surface area contributed by atoms with Crippen LogP contribution in [-0.4, -0.2) is 12.1 Å². The molecule has 0 bridgehead atoms. The van der Waals surface area contributed by atoms with Gasteiger partial charge in [-0.2, -0.15) is 0 Å². The lowest BCUT2D eigenvalue weighted by Crippen LogP contribution is -2.41. The third kappa shape index (κ3) is 1.16. The number of carbonyl (C=O) groups excluding carboxylic acids is 2. The Morgan fingerprint density at radius 3 is 2.71 bits per heavy atom. The first-order valence-corrected chi connectivity index (χ1v) is 5.68. The second-order valence-electron chi connectivity index (χ2n) is 4.86. The molecule has 2 aliphatic carbocycles. The third-order valence-corrected chi connectivity index (χ3v) is 4.43. The molecule has 3 atom stereocenters. The molecule has 2 fully saturated rings. The molecule has 0 aromatic carbocycles. The fourth-order valence-corrected chi connectivity index (χ4v) is 3.71. The standard InChI is InChI=1S/C12H18O2/c1-9(14)12-7-3-2-4-10(12)5-6-11(12)8-13/h8,10-11H,2-7H2,1H3/t10-,11?,12+/m1/s1. The summed E-state index contributed by atoms with van der Waals surface area (Å²) in [4.78, 5) is 22.8. The molecule has 1 unspecified atom stereocenters. The summed E-state index contributed by atoms with van der Waals surface area (Å²) in [6.07, 6.45) is 7.54. The van der Waals surface area contributed by atoms with Crippen LogP contribution in [0.15, 0.2) is 0 Å². The van der Waals surface area contributed by atoms with Gasteiger partial charge >= 0.3 is 0 Å². The van der Waals surface area contributed by atoms with E-state index in [1.807, 2.05) is 0 Å². The highest BCUT2D eigenvalue weighted by molar-refractivity contribution is 5.86. The van der Waals surface area contributed by atoms with Gasteiger partial charge < -0.3 is 4.79 Å². The molecule has 78 valence electrons. The predicted octanol–water partition coefficient (Wildman–Crippen LogP) is 2.36. The van der Waals surface area contributed by atoms with Crippen LogP contribution in [0.2, 0.25) is 0 Å². The van der Waals surface area contributed by atoms with Crippen molar-refractivity contribution in [3.05, 3.63) is 0 Å². The van der Waals surface area contributed by atoms with Crippen molar-refractivity contribution in [1.82, 2.24) is 0 Å². The van der Waals surface area contributed by atoms with Crippen molar-refractivity contribution in [2.75, 3.05) is 0 Å². The zero-order valence-corrected chi connectivity index (χ0v) is 8.79. The lowest BCUT2D eigenvalue weighted by molar-refractivity contribution is -0.137. The van der Waals surface area contributed by atoms with Crippen molar-refractivity contribution in [3.63, 3.8) is 0 Å². The molecule has 0 radical (unpaired) electrons. The second kappa shape index (κ2) is 3.48. The van der Waals surface area contributed by atoms with Crippen LogP contribution in [0.4, 0.5) is 0 Å². The molecule has 2 heteroatoms. The average Bonchev–Trinajstić information content (AvgIpc) is 2.57. The van der Waals surface area contributed by atoms with E-state index in [0.29, 0.717) is 5.92 Å². The number of Topliss-reactive ketones (excluding diaryl/α,β-unsaturated/α-hetero) is 1. The van der Waals surface area contributed by atoms with Gasteiger partial charge in [0.15, 0.2) is 0 Å². The maximum Gasteiger partial charge on any atom is 0.136 e. The van der Waals surface area contributed by atoms with E-state index in [1.165, 1.54) is 6.42 Å². The summed E-state index contributed by atoms with van der Waals surface area (Å²) < 4.78 is 0. The highest BCUT2D eigenvalue weighted by Gasteiger charge is 2.53. The predicted molar refractivity (Wildman–Crippen MR) is 53.9 cm³/mol. The molecule has 2 nitrogen and oxygen atoms in total. The number of aldehydes is 1. The highest BCUT2D eigenvalue weighted by atomic mass is 16.1. The van der Waals surface area contributed by atoms with Gasteiger partial charge in [0.2, 0.25) is 0 Å². The summed E-state index contributed by atoms with van der Waals surface area (Å²) in [6, 6.07) is 0. The molecule has 14 heavy (non-hydrogen) atoms. The Morgan fingerprint density at radius 1 is 1.29 bits per heavy atom. The number of ketones is 1. The van der Waals surface area contributed by atoms with Crippen LogP contribution in [-0.2, 0) is 9.59 Å². The summed E-state index contributed by atoms with van der Waals surface area (Å²) in [5.74, 6) is 0.783. The Hall–Kier alpha value is -0.660. The van der Waals surface area contributed by atoms with Crippen LogP contribution in [0, 0.1) is 17.3 Å². The summed E-state index contributed by atoms with van der Waals surface area (Å²) >= 11 is 0. The monoisotopic (exact) mass is 194 g/mol. The van der Waals surface area contributed by atoms with Gasteiger partial charge in [-0.15, -0.1) is 0 Å². The van der Waals surface area contributed by atoms with E-state index in [-0.39, 0.29) is 17.1 Å². The van der Waals surface area contributed by atoms with Crippen LogP contribution in [0.3, 0.4) is 0 Å². The SMILES string of the molecule is CC(=O)[C@@]12CCCC[C@@H]1CCC2C=O. The first-order chi connectivity index (χ1) is 6.71. The minimum absolute atomic E-state index is 0.0188. The zero-order valence-electron chi connectivity index (χ0n) is 8.79. The minimum atomic E-state index is -0.250. The van der Waals surface area contributed by atoms with E-state index >= 15 is 0 Å². The molecule has 0 amide bonds. The van der Waals surface area contributed by atoms with Gasteiger partial charge in [-0.3, -0.25) is 4.79 Å². The molecule has 0 spiro atoms. The summed E-state index contributed by atoms with van der Waals surface area (Å²) in [5.41, 5.74) is -0.250. The minimum Gasteiger partial charge on any atom is -0.303 e. The highest BCUT2D eigenvalue weighted by Crippen LogP contribution is 2.55. The van der Waals surface area contributed by atoms with Gasteiger partial charge in [0.1, 0.15) is 12.1 Å². The third-order valence-electron chi connectivity index (χ3n) is 4.43. The lowest BCUT2D eigenvalue weighted by Gasteiger charge is -2.39. The van der Waals surface area contributed by atoms with Crippen LogP contribution in [0.25, 0.3) is 0 Å². The van der Waals surface area contributed by atoms with Crippen LogP contribution in [0.5, 0.6) is 0 Å². The normalized spacial score (nSPS) is 41.8. The molecular weight excluding hydrogens is 176 g/mol. The van der Waals surface area contributed by atoms with Crippen LogP contribution >= 0.6 is 0 Å². The second-order valence-corrected chi connectivity index (χ2v) is 4.86. The van der Waals surface area contributed by atoms with E-state index in [1.54, 1.807) is 6.92 Å². The van der Waals surface area contributed by atoms with Gasteiger partial charge in [0.05, 0.1) is 0 Å². The Bertz CT molecular complexity index is 259. The zero-order chi connectivity index (χ0) is 10.2. The van der Waals surface area contributed by atoms with E-state index in [0.717, 1.165) is 38.4 Å². The Labute approximate surface area is 85.1 Å². The fraction of sp³-hybridized carbons (Fsp3) is 0.833. The largest absolute Gasteiger partial charge is 0.303 e. The maximum absolute atomic E-state index is 11.8. The van der Waals surface area contributed by atoms with Crippen LogP contribution < -0.4 is 0 Å². The summed E-state index contributed by atoms with van der Waals surface area (Å²) in [6.45, 7) is 1.68. The number of fused-ring (bicyclic) bond motifs is 1. The number of rotatable bonds is 2. The van der Waals surface area contributed by atoms with E-state index < -0.39 is 0 Å². The number of carbonyl (C=O) groups is 2. The van der Waals surface area contributed by atoms with E-state index in [2.05, 4.69) is 0 Å². The van der Waals surface area contributed by atoms with Crippen molar-refractivity contribution in [2.45, 2.75) is 45.4 Å². The molecule has 0 aromatic heterocycles. The Balaban J connectivity index is 2.34. The lowest BCUT2D eigenvalue weighted by atomic mass is 9.62. The van der Waals surface area contributed by atoms with Crippen molar-refractivity contribution >= 4 is 12.1 Å². The molecule has 0 heterocycles.